The lowest BCUT2D eigenvalue weighted by atomic mass is 9.51. The van der Waals surface area contributed by atoms with Crippen LogP contribution in [-0.2, 0) is 0 Å². The van der Waals surface area contributed by atoms with E-state index in [4.69, 9.17) is 0 Å². The van der Waals surface area contributed by atoms with Gasteiger partial charge < -0.3 is 10.2 Å². The molecule has 3 fully saturated rings. The summed E-state index contributed by atoms with van der Waals surface area (Å²) >= 11 is 0. The molecular weight excluding hydrogens is 164 g/mol. The largest absolute Gasteiger partial charge is 0.396 e. The van der Waals surface area contributed by atoms with Gasteiger partial charge in [0.1, 0.15) is 0 Å². The fourth-order valence-electron chi connectivity index (χ4n) is 3.63. The molecule has 0 heterocycles. The predicted octanol–water partition coefficient (Wildman–Crippen LogP) is 1.41. The standard InChI is InChI=1S/C11H20O2/c1-11(7-13)9-4-2-8(3-5-9)10(11)6-12/h8-10,12-13H,2-7H2,1H3/t8?,9?,10-,11-/m0/s1. The summed E-state index contributed by atoms with van der Waals surface area (Å²) in [6.07, 6.45) is 5.06. The van der Waals surface area contributed by atoms with Crippen molar-refractivity contribution >= 4 is 0 Å². The molecule has 2 heteroatoms. The Morgan fingerprint density at radius 2 is 1.77 bits per heavy atom. The van der Waals surface area contributed by atoms with Gasteiger partial charge in [0.25, 0.3) is 0 Å². The Morgan fingerprint density at radius 3 is 2.15 bits per heavy atom. The fourth-order valence-corrected chi connectivity index (χ4v) is 3.63. The Morgan fingerprint density at radius 1 is 1.15 bits per heavy atom. The average molecular weight is 184 g/mol. The molecule has 0 amide bonds. The second-order valence-corrected chi connectivity index (χ2v) is 5.06. The van der Waals surface area contributed by atoms with Crippen molar-refractivity contribution in [2.24, 2.45) is 23.2 Å². The van der Waals surface area contributed by atoms with E-state index >= 15 is 0 Å². The SMILES string of the molecule is C[C@]1(CO)C2CCC(CC2)[C@@H]1CO. The number of rotatable bonds is 2. The molecule has 0 spiro atoms. The average Bonchev–Trinajstić information content (AvgIpc) is 2.19. The van der Waals surface area contributed by atoms with Gasteiger partial charge in [-0.15, -0.1) is 0 Å². The molecular formula is C11H20O2. The van der Waals surface area contributed by atoms with Crippen LogP contribution in [0.15, 0.2) is 0 Å². The highest BCUT2D eigenvalue weighted by atomic mass is 16.3. The van der Waals surface area contributed by atoms with E-state index in [0.29, 0.717) is 17.8 Å². The molecule has 3 saturated carbocycles. The van der Waals surface area contributed by atoms with Crippen LogP contribution in [0.2, 0.25) is 0 Å². The van der Waals surface area contributed by atoms with Crippen molar-refractivity contribution < 1.29 is 10.2 Å². The van der Waals surface area contributed by atoms with E-state index in [2.05, 4.69) is 6.92 Å². The number of fused-ring (bicyclic) bond motifs is 3. The fraction of sp³-hybridized carbons (Fsp3) is 1.00. The summed E-state index contributed by atoms with van der Waals surface area (Å²) in [5.74, 6) is 1.68. The predicted molar refractivity (Wildman–Crippen MR) is 51.2 cm³/mol. The highest BCUT2D eigenvalue weighted by molar-refractivity contribution is 4.99. The van der Waals surface area contributed by atoms with Gasteiger partial charge in [-0.2, -0.15) is 0 Å². The summed E-state index contributed by atoms with van der Waals surface area (Å²) in [4.78, 5) is 0. The molecule has 3 aliphatic rings. The maximum absolute atomic E-state index is 9.46. The van der Waals surface area contributed by atoms with Crippen LogP contribution in [0.4, 0.5) is 0 Å². The molecule has 3 rings (SSSR count). The molecule has 3 aliphatic carbocycles. The first-order valence-electron chi connectivity index (χ1n) is 5.44. The molecule has 2 nitrogen and oxygen atoms in total. The van der Waals surface area contributed by atoms with Gasteiger partial charge in [-0.05, 0) is 48.9 Å². The van der Waals surface area contributed by atoms with Gasteiger partial charge in [-0.3, -0.25) is 0 Å². The number of hydrogen-bond acceptors (Lipinski definition) is 2. The molecule has 0 aliphatic heterocycles. The normalized spacial score (nSPS) is 49.6. The van der Waals surface area contributed by atoms with E-state index < -0.39 is 0 Å². The zero-order chi connectivity index (χ0) is 9.47. The molecule has 13 heavy (non-hydrogen) atoms. The first kappa shape index (κ1) is 9.47. The molecule has 0 radical (unpaired) electrons. The van der Waals surface area contributed by atoms with Crippen LogP contribution >= 0.6 is 0 Å². The van der Waals surface area contributed by atoms with Gasteiger partial charge in [0.2, 0.25) is 0 Å². The van der Waals surface area contributed by atoms with Gasteiger partial charge in [-0.1, -0.05) is 6.92 Å². The lowest BCUT2D eigenvalue weighted by Crippen LogP contribution is -2.51. The highest BCUT2D eigenvalue weighted by Crippen LogP contribution is 2.55. The molecule has 0 aromatic carbocycles. The quantitative estimate of drug-likeness (QED) is 0.681. The summed E-state index contributed by atoms with van der Waals surface area (Å²) in [6.45, 7) is 2.67. The van der Waals surface area contributed by atoms with Crippen molar-refractivity contribution in [3.05, 3.63) is 0 Å². The third-order valence-electron chi connectivity index (χ3n) is 4.66. The molecule has 2 atom stereocenters. The second kappa shape index (κ2) is 3.25. The minimum absolute atomic E-state index is 0.00984. The van der Waals surface area contributed by atoms with E-state index in [1.807, 2.05) is 0 Å². The topological polar surface area (TPSA) is 40.5 Å². The van der Waals surface area contributed by atoms with Crippen LogP contribution in [0.1, 0.15) is 32.6 Å². The maximum Gasteiger partial charge on any atom is 0.0491 e. The smallest absolute Gasteiger partial charge is 0.0491 e. The molecule has 76 valence electrons. The zero-order valence-corrected chi connectivity index (χ0v) is 8.37. The number of aliphatic hydroxyl groups is 2. The summed E-state index contributed by atoms with van der Waals surface area (Å²) in [5.41, 5.74) is 0.00984. The Labute approximate surface area is 80.0 Å². The van der Waals surface area contributed by atoms with Crippen molar-refractivity contribution in [2.45, 2.75) is 32.6 Å². The Bertz CT molecular complexity index is 185. The Balaban J connectivity index is 2.23. The maximum atomic E-state index is 9.46. The van der Waals surface area contributed by atoms with Crippen LogP contribution in [0.5, 0.6) is 0 Å². The minimum atomic E-state index is 0.00984. The minimum Gasteiger partial charge on any atom is -0.396 e. The van der Waals surface area contributed by atoms with Crippen LogP contribution in [0, 0.1) is 23.2 Å². The first-order chi connectivity index (χ1) is 6.22. The van der Waals surface area contributed by atoms with Gasteiger partial charge in [0.15, 0.2) is 0 Å². The Kier molecular flexibility index (Phi) is 2.37. The van der Waals surface area contributed by atoms with Gasteiger partial charge in [0, 0.05) is 13.2 Å². The van der Waals surface area contributed by atoms with Gasteiger partial charge in [-0.25, -0.2) is 0 Å². The first-order valence-corrected chi connectivity index (χ1v) is 5.44. The van der Waals surface area contributed by atoms with Crippen molar-refractivity contribution in [2.75, 3.05) is 13.2 Å². The highest BCUT2D eigenvalue weighted by Gasteiger charge is 2.50. The van der Waals surface area contributed by atoms with E-state index in [1.165, 1.54) is 25.7 Å². The second-order valence-electron chi connectivity index (χ2n) is 5.06. The third-order valence-corrected chi connectivity index (χ3v) is 4.66. The molecule has 2 N–H and O–H groups in total. The Hall–Kier alpha value is -0.0800. The van der Waals surface area contributed by atoms with Crippen molar-refractivity contribution in [3.8, 4) is 0 Å². The lowest BCUT2D eigenvalue weighted by molar-refractivity contribution is -0.105. The van der Waals surface area contributed by atoms with Gasteiger partial charge >= 0.3 is 0 Å². The van der Waals surface area contributed by atoms with Crippen molar-refractivity contribution in [1.29, 1.82) is 0 Å². The van der Waals surface area contributed by atoms with E-state index in [0.717, 1.165) is 0 Å². The summed E-state index contributed by atoms with van der Waals surface area (Å²) in [7, 11) is 0. The monoisotopic (exact) mass is 184 g/mol. The number of hydrogen-bond donors (Lipinski definition) is 2. The van der Waals surface area contributed by atoms with E-state index in [1.54, 1.807) is 0 Å². The summed E-state index contributed by atoms with van der Waals surface area (Å²) in [5, 5.41) is 18.8. The van der Waals surface area contributed by atoms with E-state index in [9.17, 15) is 10.2 Å². The van der Waals surface area contributed by atoms with Crippen LogP contribution in [0.3, 0.4) is 0 Å². The van der Waals surface area contributed by atoms with Crippen molar-refractivity contribution in [1.82, 2.24) is 0 Å². The van der Waals surface area contributed by atoms with Gasteiger partial charge in [0.05, 0.1) is 0 Å². The molecule has 0 aromatic rings. The summed E-state index contributed by atoms with van der Waals surface area (Å²) < 4.78 is 0. The molecule has 2 bridgehead atoms. The third kappa shape index (κ3) is 1.23. The van der Waals surface area contributed by atoms with Crippen molar-refractivity contribution in [3.63, 3.8) is 0 Å². The molecule has 0 unspecified atom stereocenters. The van der Waals surface area contributed by atoms with Crippen LogP contribution in [-0.4, -0.2) is 23.4 Å². The molecule has 0 aromatic heterocycles. The van der Waals surface area contributed by atoms with Crippen LogP contribution in [0.25, 0.3) is 0 Å². The van der Waals surface area contributed by atoms with E-state index in [-0.39, 0.29) is 18.6 Å². The molecule has 0 saturated heterocycles. The van der Waals surface area contributed by atoms with Crippen LogP contribution < -0.4 is 0 Å². The lowest BCUT2D eigenvalue weighted by Gasteiger charge is -2.54. The zero-order valence-electron chi connectivity index (χ0n) is 8.37. The summed E-state index contributed by atoms with van der Waals surface area (Å²) in [6, 6.07) is 0. The number of aliphatic hydroxyl groups excluding tert-OH is 2.